The van der Waals surface area contributed by atoms with E-state index >= 15 is 0 Å². The largest absolute Gasteiger partial charge is 0.383 e. The third kappa shape index (κ3) is 6.29. The molecular weight excluding hydrogens is 342 g/mol. The normalized spacial score (nSPS) is 11.3. The van der Waals surface area contributed by atoms with Crippen molar-refractivity contribution >= 4 is 21.8 Å². The van der Waals surface area contributed by atoms with Gasteiger partial charge in [-0.05, 0) is 31.0 Å². The van der Waals surface area contributed by atoms with Crippen molar-refractivity contribution in [1.29, 1.82) is 0 Å². The number of hydrogen-bond acceptors (Lipinski definition) is 7. The van der Waals surface area contributed by atoms with Crippen LogP contribution in [-0.2, 0) is 21.2 Å². The highest BCUT2D eigenvalue weighted by Gasteiger charge is 2.07. The Morgan fingerprint density at radius 2 is 1.84 bits per heavy atom. The smallest absolute Gasteiger partial charge is 0.238 e. The van der Waals surface area contributed by atoms with Gasteiger partial charge in [-0.1, -0.05) is 12.1 Å². The molecule has 1 heterocycles. The standard InChI is InChI=1S/C16H23N5O3S/c1-12-11-15(21-16(20-12)19-9-10-24-2)18-8-7-13-3-5-14(6-4-13)25(17,22)23/h3-6,11H,7-10H2,1-2H3,(H2,17,22,23)(H2,18,19,20,21). The average Bonchev–Trinajstić information content (AvgIpc) is 2.54. The van der Waals surface area contributed by atoms with Crippen LogP contribution in [0.2, 0.25) is 0 Å². The number of nitrogens with two attached hydrogens (primary N) is 1. The van der Waals surface area contributed by atoms with Gasteiger partial charge in [0.05, 0.1) is 11.5 Å². The fourth-order valence-electron chi connectivity index (χ4n) is 2.18. The second kappa shape index (κ2) is 8.75. The van der Waals surface area contributed by atoms with Gasteiger partial charge in [-0.15, -0.1) is 0 Å². The van der Waals surface area contributed by atoms with Crippen molar-refractivity contribution in [2.24, 2.45) is 5.14 Å². The Hall–Kier alpha value is -2.23. The molecule has 1 aromatic heterocycles. The number of nitrogens with zero attached hydrogens (tertiary/aromatic N) is 2. The minimum absolute atomic E-state index is 0.113. The molecule has 2 rings (SSSR count). The van der Waals surface area contributed by atoms with Gasteiger partial charge < -0.3 is 15.4 Å². The zero-order chi connectivity index (χ0) is 18.3. The van der Waals surface area contributed by atoms with E-state index in [4.69, 9.17) is 9.88 Å². The minimum atomic E-state index is -3.65. The number of ether oxygens (including phenoxy) is 1. The van der Waals surface area contributed by atoms with Crippen molar-refractivity contribution in [3.05, 3.63) is 41.6 Å². The van der Waals surface area contributed by atoms with Crippen LogP contribution in [0.25, 0.3) is 0 Å². The lowest BCUT2D eigenvalue weighted by Crippen LogP contribution is -2.13. The van der Waals surface area contributed by atoms with Crippen LogP contribution in [-0.4, -0.2) is 45.2 Å². The Kier molecular flexibility index (Phi) is 6.68. The Bertz CT molecular complexity index is 794. The lowest BCUT2D eigenvalue weighted by molar-refractivity contribution is 0.210. The van der Waals surface area contributed by atoms with Crippen molar-refractivity contribution in [1.82, 2.24) is 9.97 Å². The number of aryl methyl sites for hydroxylation is 1. The highest BCUT2D eigenvalue weighted by Crippen LogP contribution is 2.11. The summed E-state index contributed by atoms with van der Waals surface area (Å²) in [7, 11) is -2.01. The summed E-state index contributed by atoms with van der Waals surface area (Å²) in [5, 5.41) is 11.4. The van der Waals surface area contributed by atoms with Crippen LogP contribution in [0.5, 0.6) is 0 Å². The SMILES string of the molecule is COCCNc1nc(C)cc(NCCc2ccc(S(N)(=O)=O)cc2)n1. The maximum atomic E-state index is 11.2. The van der Waals surface area contributed by atoms with Crippen LogP contribution in [0.15, 0.2) is 35.2 Å². The third-order valence-corrected chi connectivity index (χ3v) is 4.34. The molecule has 0 spiro atoms. The number of hydrogen-bond donors (Lipinski definition) is 3. The average molecular weight is 365 g/mol. The van der Waals surface area contributed by atoms with E-state index in [0.29, 0.717) is 25.6 Å². The zero-order valence-electron chi connectivity index (χ0n) is 14.3. The fraction of sp³-hybridized carbons (Fsp3) is 0.375. The van der Waals surface area contributed by atoms with Gasteiger partial charge in [0.25, 0.3) is 0 Å². The molecule has 0 amide bonds. The van der Waals surface area contributed by atoms with Gasteiger partial charge in [-0.3, -0.25) is 0 Å². The Morgan fingerprint density at radius 1 is 1.12 bits per heavy atom. The molecule has 0 unspecified atom stereocenters. The van der Waals surface area contributed by atoms with Gasteiger partial charge in [-0.2, -0.15) is 4.98 Å². The van der Waals surface area contributed by atoms with Crippen LogP contribution >= 0.6 is 0 Å². The van der Waals surface area contributed by atoms with E-state index < -0.39 is 10.0 Å². The predicted octanol–water partition coefficient (Wildman–Crippen LogP) is 1.15. The Morgan fingerprint density at radius 3 is 2.48 bits per heavy atom. The van der Waals surface area contributed by atoms with E-state index in [1.807, 2.05) is 13.0 Å². The van der Waals surface area contributed by atoms with E-state index in [1.54, 1.807) is 19.2 Å². The Balaban J connectivity index is 1.90. The van der Waals surface area contributed by atoms with Crippen LogP contribution in [0.4, 0.5) is 11.8 Å². The van der Waals surface area contributed by atoms with Gasteiger partial charge in [0.2, 0.25) is 16.0 Å². The molecule has 0 aliphatic carbocycles. The van der Waals surface area contributed by atoms with Gasteiger partial charge in [0.15, 0.2) is 0 Å². The van der Waals surface area contributed by atoms with Crippen LogP contribution in [0.3, 0.4) is 0 Å². The molecular formula is C16H23N5O3S. The third-order valence-electron chi connectivity index (χ3n) is 3.42. The second-order valence-electron chi connectivity index (χ2n) is 5.50. The molecule has 9 heteroatoms. The van der Waals surface area contributed by atoms with Crippen LogP contribution in [0, 0.1) is 6.92 Å². The van der Waals surface area contributed by atoms with Gasteiger partial charge in [0, 0.05) is 32.0 Å². The molecule has 8 nitrogen and oxygen atoms in total. The van der Waals surface area contributed by atoms with E-state index in [0.717, 1.165) is 23.5 Å². The first-order chi connectivity index (χ1) is 11.9. The maximum Gasteiger partial charge on any atom is 0.238 e. The van der Waals surface area contributed by atoms with Gasteiger partial charge in [0.1, 0.15) is 5.82 Å². The van der Waals surface area contributed by atoms with Crippen molar-refractivity contribution < 1.29 is 13.2 Å². The summed E-state index contributed by atoms with van der Waals surface area (Å²) in [4.78, 5) is 8.83. The molecule has 0 saturated carbocycles. The van der Waals surface area contributed by atoms with Crippen molar-refractivity contribution in [2.45, 2.75) is 18.2 Å². The molecule has 0 fully saturated rings. The highest BCUT2D eigenvalue weighted by molar-refractivity contribution is 7.89. The summed E-state index contributed by atoms with van der Waals surface area (Å²) < 4.78 is 27.5. The summed E-state index contributed by atoms with van der Waals surface area (Å²) >= 11 is 0. The monoisotopic (exact) mass is 365 g/mol. The molecule has 0 aliphatic heterocycles. The van der Waals surface area contributed by atoms with Gasteiger partial charge >= 0.3 is 0 Å². The molecule has 0 aliphatic rings. The molecule has 1 aromatic carbocycles. The van der Waals surface area contributed by atoms with Crippen LogP contribution in [0.1, 0.15) is 11.3 Å². The van der Waals surface area contributed by atoms with Gasteiger partial charge in [-0.25, -0.2) is 18.5 Å². The number of sulfonamides is 1. The molecule has 2 aromatic rings. The van der Waals surface area contributed by atoms with Crippen LogP contribution < -0.4 is 15.8 Å². The lowest BCUT2D eigenvalue weighted by Gasteiger charge is -2.10. The zero-order valence-corrected chi connectivity index (χ0v) is 15.1. The van der Waals surface area contributed by atoms with E-state index in [1.165, 1.54) is 12.1 Å². The molecule has 0 radical (unpaired) electrons. The number of rotatable bonds is 9. The van der Waals surface area contributed by atoms with Crippen molar-refractivity contribution in [3.8, 4) is 0 Å². The van der Waals surface area contributed by atoms with Crippen molar-refractivity contribution in [3.63, 3.8) is 0 Å². The maximum absolute atomic E-state index is 11.2. The highest BCUT2D eigenvalue weighted by atomic mass is 32.2. The summed E-state index contributed by atoms with van der Waals surface area (Å²) in [6.07, 6.45) is 0.723. The molecule has 4 N–H and O–H groups in total. The molecule has 0 atom stereocenters. The number of anilines is 2. The van der Waals surface area contributed by atoms with E-state index in [2.05, 4.69) is 20.6 Å². The first kappa shape index (κ1) is 19.1. The topological polar surface area (TPSA) is 119 Å². The summed E-state index contributed by atoms with van der Waals surface area (Å²) in [6.45, 7) is 3.77. The lowest BCUT2D eigenvalue weighted by atomic mass is 10.1. The number of nitrogens with one attached hydrogen (secondary N) is 2. The summed E-state index contributed by atoms with van der Waals surface area (Å²) in [5.74, 6) is 1.28. The minimum Gasteiger partial charge on any atom is -0.383 e. The molecule has 0 saturated heterocycles. The number of benzene rings is 1. The number of primary sulfonamides is 1. The molecule has 0 bridgehead atoms. The quantitative estimate of drug-likeness (QED) is 0.570. The number of methoxy groups -OCH3 is 1. The van der Waals surface area contributed by atoms with Crippen molar-refractivity contribution in [2.75, 3.05) is 37.4 Å². The predicted molar refractivity (Wildman–Crippen MR) is 97.1 cm³/mol. The van der Waals surface area contributed by atoms with E-state index in [-0.39, 0.29) is 4.90 Å². The second-order valence-corrected chi connectivity index (χ2v) is 7.06. The molecule has 136 valence electrons. The number of aromatic nitrogens is 2. The fourth-order valence-corrected chi connectivity index (χ4v) is 2.70. The molecule has 25 heavy (non-hydrogen) atoms. The van der Waals surface area contributed by atoms with E-state index in [9.17, 15) is 8.42 Å². The first-order valence-corrected chi connectivity index (χ1v) is 9.37. The first-order valence-electron chi connectivity index (χ1n) is 7.82. The summed E-state index contributed by atoms with van der Waals surface area (Å²) in [6, 6.07) is 8.40. The summed E-state index contributed by atoms with van der Waals surface area (Å²) in [5.41, 5.74) is 1.86. The Labute approximate surface area is 147 Å².